The Balaban J connectivity index is 1.40. The smallest absolute Gasteiger partial charge is 0.123 e. The van der Waals surface area contributed by atoms with E-state index in [0.29, 0.717) is 0 Å². The number of hydrogen-bond acceptors (Lipinski definition) is 2. The molecule has 3 aromatic carbocycles. The van der Waals surface area contributed by atoms with Gasteiger partial charge in [-0.15, -0.1) is 0 Å². The van der Waals surface area contributed by atoms with Crippen LogP contribution in [0.2, 0.25) is 0 Å². The lowest BCUT2D eigenvalue weighted by molar-refractivity contribution is -0.105. The first kappa shape index (κ1) is 23.3. The highest BCUT2D eigenvalue weighted by Crippen LogP contribution is 2.50. The molecule has 1 heterocycles. The molecule has 0 aromatic heterocycles. The molecule has 1 saturated carbocycles. The van der Waals surface area contributed by atoms with Gasteiger partial charge in [-0.1, -0.05) is 85.6 Å². The average Bonchev–Trinajstić information content (AvgIpc) is 3.31. The fourth-order valence-electron chi connectivity index (χ4n) is 6.24. The van der Waals surface area contributed by atoms with Crippen LogP contribution < -0.4 is 0 Å². The van der Waals surface area contributed by atoms with Gasteiger partial charge in [0, 0.05) is 25.1 Å². The van der Waals surface area contributed by atoms with E-state index >= 15 is 0 Å². The second-order valence-electron chi connectivity index (χ2n) is 10.4. The normalized spacial score (nSPS) is 21.8. The Morgan fingerprint density at radius 1 is 0.735 bits per heavy atom. The van der Waals surface area contributed by atoms with E-state index < -0.39 is 0 Å². The first-order valence-electron chi connectivity index (χ1n) is 12.9. The fourth-order valence-corrected chi connectivity index (χ4v) is 6.24. The van der Waals surface area contributed by atoms with Crippen LogP contribution in [0.15, 0.2) is 84.9 Å². The van der Waals surface area contributed by atoms with Crippen LogP contribution in [0.5, 0.6) is 0 Å². The van der Waals surface area contributed by atoms with Gasteiger partial charge in [0.25, 0.3) is 0 Å². The Labute approximate surface area is 203 Å². The van der Waals surface area contributed by atoms with Crippen molar-refractivity contribution < 1.29 is 9.13 Å². The summed E-state index contributed by atoms with van der Waals surface area (Å²) in [7, 11) is 0. The highest BCUT2D eigenvalue weighted by atomic mass is 19.1. The molecule has 2 aliphatic rings. The molecule has 3 heteroatoms. The summed E-state index contributed by atoms with van der Waals surface area (Å²) in [5, 5.41) is 0. The van der Waals surface area contributed by atoms with Gasteiger partial charge in [-0.05, 0) is 67.5 Å². The summed E-state index contributed by atoms with van der Waals surface area (Å²) < 4.78 is 20.3. The summed E-state index contributed by atoms with van der Waals surface area (Å²) in [4.78, 5) is 2.58. The van der Waals surface area contributed by atoms with E-state index in [0.717, 1.165) is 58.3 Å². The molecule has 178 valence electrons. The van der Waals surface area contributed by atoms with Gasteiger partial charge in [0.15, 0.2) is 0 Å². The molecule has 0 radical (unpaired) electrons. The van der Waals surface area contributed by atoms with Crippen molar-refractivity contribution >= 4 is 0 Å². The van der Waals surface area contributed by atoms with E-state index in [-0.39, 0.29) is 16.8 Å². The molecular weight excluding hydrogens is 421 g/mol. The molecule has 1 spiro atoms. The fraction of sp³-hybridized carbons (Fsp3) is 0.419. The maximum Gasteiger partial charge on any atom is 0.123 e. The highest BCUT2D eigenvalue weighted by molar-refractivity contribution is 5.28. The molecule has 1 aliphatic carbocycles. The molecule has 2 fully saturated rings. The van der Waals surface area contributed by atoms with Crippen molar-refractivity contribution in [1.29, 1.82) is 0 Å². The van der Waals surface area contributed by atoms with Crippen molar-refractivity contribution in [1.82, 2.24) is 4.90 Å². The minimum Gasteiger partial charge on any atom is -0.375 e. The van der Waals surface area contributed by atoms with E-state index in [1.807, 2.05) is 12.1 Å². The van der Waals surface area contributed by atoms with Crippen LogP contribution in [0.1, 0.15) is 61.6 Å². The monoisotopic (exact) mass is 457 g/mol. The van der Waals surface area contributed by atoms with Crippen LogP contribution in [0.4, 0.5) is 4.39 Å². The Morgan fingerprint density at radius 3 is 1.91 bits per heavy atom. The summed E-state index contributed by atoms with van der Waals surface area (Å²) in [6.07, 6.45) is 7.95. The molecule has 1 saturated heterocycles. The van der Waals surface area contributed by atoms with E-state index in [1.54, 1.807) is 12.1 Å². The second kappa shape index (κ2) is 10.4. The summed E-state index contributed by atoms with van der Waals surface area (Å²) >= 11 is 0. The zero-order valence-electron chi connectivity index (χ0n) is 20.1. The van der Waals surface area contributed by atoms with Crippen LogP contribution >= 0.6 is 0 Å². The standard InChI is InChI=1S/C31H36FNO/c32-29-15-13-28(14-16-29)30(20-22-34-31(25-30)17-7-8-18-31)19-21-33(23-26-9-3-1-4-10-26)24-27-11-5-2-6-12-27/h1-6,9-16H,7-8,17-25H2/t30-/m0/s1. The van der Waals surface area contributed by atoms with Crippen molar-refractivity contribution in [2.24, 2.45) is 0 Å². The summed E-state index contributed by atoms with van der Waals surface area (Å²) in [6.45, 7) is 3.65. The zero-order chi connectivity index (χ0) is 23.3. The first-order valence-corrected chi connectivity index (χ1v) is 12.9. The molecule has 0 N–H and O–H groups in total. The van der Waals surface area contributed by atoms with Crippen molar-refractivity contribution in [3.63, 3.8) is 0 Å². The maximum atomic E-state index is 13.8. The third-order valence-corrected chi connectivity index (χ3v) is 8.03. The van der Waals surface area contributed by atoms with Crippen molar-refractivity contribution in [2.75, 3.05) is 13.2 Å². The quantitative estimate of drug-likeness (QED) is 0.352. The predicted octanol–water partition coefficient (Wildman–Crippen LogP) is 7.28. The largest absolute Gasteiger partial charge is 0.375 e. The van der Waals surface area contributed by atoms with Crippen LogP contribution in [0.3, 0.4) is 0 Å². The predicted molar refractivity (Wildman–Crippen MR) is 136 cm³/mol. The number of nitrogens with zero attached hydrogens (tertiary/aromatic N) is 1. The molecular formula is C31H36FNO. The van der Waals surface area contributed by atoms with Crippen LogP contribution in [0.25, 0.3) is 0 Å². The van der Waals surface area contributed by atoms with Crippen LogP contribution in [-0.4, -0.2) is 23.7 Å². The summed E-state index contributed by atoms with van der Waals surface area (Å²) in [6, 6.07) is 28.9. The van der Waals surface area contributed by atoms with Crippen LogP contribution in [-0.2, 0) is 23.2 Å². The van der Waals surface area contributed by atoms with Gasteiger partial charge in [-0.3, -0.25) is 4.90 Å². The van der Waals surface area contributed by atoms with Gasteiger partial charge in [0.1, 0.15) is 5.82 Å². The third-order valence-electron chi connectivity index (χ3n) is 8.03. The van der Waals surface area contributed by atoms with Crippen molar-refractivity contribution in [3.05, 3.63) is 107 Å². The lowest BCUT2D eigenvalue weighted by Gasteiger charge is -2.48. The SMILES string of the molecule is Fc1ccc([C@@]2(CCN(Cc3ccccc3)Cc3ccccc3)CCOC3(CCCC3)C2)cc1. The zero-order valence-corrected chi connectivity index (χ0v) is 20.1. The maximum absolute atomic E-state index is 13.8. The molecule has 5 rings (SSSR count). The minimum atomic E-state index is -0.156. The van der Waals surface area contributed by atoms with Gasteiger partial charge < -0.3 is 4.74 Å². The number of ether oxygens (including phenoxy) is 1. The minimum absolute atomic E-state index is 0.0102. The van der Waals surface area contributed by atoms with Gasteiger partial charge in [-0.25, -0.2) is 4.39 Å². The molecule has 34 heavy (non-hydrogen) atoms. The van der Waals surface area contributed by atoms with Crippen LogP contribution in [0, 0.1) is 5.82 Å². The lowest BCUT2D eigenvalue weighted by Crippen LogP contribution is -2.47. The number of benzene rings is 3. The topological polar surface area (TPSA) is 12.5 Å². The summed E-state index contributed by atoms with van der Waals surface area (Å²) in [5.74, 6) is -0.156. The van der Waals surface area contributed by atoms with Crippen molar-refractivity contribution in [2.45, 2.75) is 69.1 Å². The molecule has 2 nitrogen and oxygen atoms in total. The third kappa shape index (κ3) is 5.42. The van der Waals surface area contributed by atoms with Gasteiger partial charge >= 0.3 is 0 Å². The van der Waals surface area contributed by atoms with Gasteiger partial charge in [0.2, 0.25) is 0 Å². The molecule has 0 amide bonds. The number of hydrogen-bond donors (Lipinski definition) is 0. The molecule has 1 atom stereocenters. The van der Waals surface area contributed by atoms with E-state index in [9.17, 15) is 4.39 Å². The second-order valence-corrected chi connectivity index (χ2v) is 10.4. The molecule has 0 unspecified atom stereocenters. The highest BCUT2D eigenvalue weighted by Gasteiger charge is 2.47. The lowest BCUT2D eigenvalue weighted by atomic mass is 9.66. The van der Waals surface area contributed by atoms with E-state index in [4.69, 9.17) is 4.74 Å². The molecule has 1 aliphatic heterocycles. The van der Waals surface area contributed by atoms with Crippen molar-refractivity contribution in [3.8, 4) is 0 Å². The molecule has 3 aromatic rings. The Morgan fingerprint density at radius 2 is 1.32 bits per heavy atom. The molecule has 0 bridgehead atoms. The Kier molecular flexibility index (Phi) is 7.12. The number of rotatable bonds is 8. The van der Waals surface area contributed by atoms with E-state index in [1.165, 1.54) is 29.5 Å². The average molecular weight is 458 g/mol. The van der Waals surface area contributed by atoms with Gasteiger partial charge in [-0.2, -0.15) is 0 Å². The Bertz CT molecular complexity index is 989. The van der Waals surface area contributed by atoms with Gasteiger partial charge in [0.05, 0.1) is 5.60 Å². The first-order chi connectivity index (χ1) is 16.6. The number of halogens is 1. The Hall–Kier alpha value is -2.49. The summed E-state index contributed by atoms with van der Waals surface area (Å²) in [5.41, 5.74) is 4.00. The van der Waals surface area contributed by atoms with E-state index in [2.05, 4.69) is 65.6 Å².